The van der Waals surface area contributed by atoms with E-state index in [2.05, 4.69) is 20.8 Å². The first-order chi connectivity index (χ1) is 12.3. The molecule has 0 saturated carbocycles. The molecule has 0 radical (unpaired) electrons. The third-order valence-corrected chi connectivity index (χ3v) is 5.23. The molecule has 0 aromatic heterocycles. The van der Waals surface area contributed by atoms with Crippen molar-refractivity contribution in [2.24, 2.45) is 10.8 Å². The summed E-state index contributed by atoms with van der Waals surface area (Å²) in [7, 11) is -4.78. The number of hydrogen-bond donors (Lipinski definition) is 1. The van der Waals surface area contributed by atoms with Gasteiger partial charge in [0.05, 0.1) is 0 Å². The molecule has 0 fully saturated rings. The first-order valence-electron chi connectivity index (χ1n) is 9.25. The Morgan fingerprint density at radius 3 is 1.81 bits per heavy atom. The van der Waals surface area contributed by atoms with Crippen LogP contribution in [0, 0.1) is 10.8 Å². The van der Waals surface area contributed by atoms with Crippen molar-refractivity contribution in [2.75, 3.05) is 13.2 Å². The van der Waals surface area contributed by atoms with Gasteiger partial charge in [-0.3, -0.25) is 4.55 Å². The summed E-state index contributed by atoms with van der Waals surface area (Å²) in [5.41, 5.74) is -0.834. The Morgan fingerprint density at radius 1 is 0.963 bits per heavy atom. The largest absolute Gasteiger partial charge is 0.483 e. The second-order valence-corrected chi connectivity index (χ2v) is 10.0. The third kappa shape index (κ3) is 6.17. The van der Waals surface area contributed by atoms with Gasteiger partial charge in [0.1, 0.15) is 5.75 Å². The number of para-hydroxylation sites is 1. The van der Waals surface area contributed by atoms with Crippen LogP contribution >= 0.6 is 0 Å². The first kappa shape index (κ1) is 23.9. The lowest BCUT2D eigenvalue weighted by molar-refractivity contribution is -0.244. The molecule has 0 spiro atoms. The highest BCUT2D eigenvalue weighted by Crippen LogP contribution is 2.44. The molecule has 0 aliphatic rings. The van der Waals surface area contributed by atoms with Gasteiger partial charge in [-0.1, -0.05) is 52.8 Å². The van der Waals surface area contributed by atoms with Crippen molar-refractivity contribution in [2.45, 2.75) is 66.1 Å². The van der Waals surface area contributed by atoms with Crippen LogP contribution in [0.1, 0.15) is 54.9 Å². The maximum atomic E-state index is 12.5. The van der Waals surface area contributed by atoms with Gasteiger partial charge in [0.25, 0.3) is 0 Å². The Labute approximate surface area is 164 Å². The van der Waals surface area contributed by atoms with E-state index in [1.807, 2.05) is 19.9 Å². The molecule has 1 unspecified atom stereocenters. The van der Waals surface area contributed by atoms with Gasteiger partial charge >= 0.3 is 15.2 Å². The predicted molar refractivity (Wildman–Crippen MR) is 106 cm³/mol. The summed E-state index contributed by atoms with van der Waals surface area (Å²) in [6, 6.07) is 8.88. The second-order valence-electron chi connectivity index (χ2n) is 8.48. The molecule has 156 valence electrons. The molecule has 1 aromatic carbocycles. The second kappa shape index (κ2) is 8.90. The molecule has 1 aromatic rings. The lowest BCUT2D eigenvalue weighted by atomic mass is 9.72. The summed E-state index contributed by atoms with van der Waals surface area (Å²) in [6.07, 6.45) is -0.504. The molecule has 1 atom stereocenters. The molecule has 0 heterocycles. The maximum Gasteiger partial charge on any atom is 0.338 e. The van der Waals surface area contributed by atoms with E-state index in [0.29, 0.717) is 12.2 Å². The van der Waals surface area contributed by atoms with E-state index in [-0.39, 0.29) is 18.6 Å². The average Bonchev–Trinajstić information content (AvgIpc) is 2.50. The number of benzene rings is 1. The highest BCUT2D eigenvalue weighted by molar-refractivity contribution is 7.87. The van der Waals surface area contributed by atoms with Crippen molar-refractivity contribution in [1.29, 1.82) is 0 Å². The molecule has 0 saturated heterocycles. The van der Waals surface area contributed by atoms with Crippen LogP contribution in [0.3, 0.4) is 0 Å². The van der Waals surface area contributed by atoms with Crippen molar-refractivity contribution < 1.29 is 27.2 Å². The van der Waals surface area contributed by atoms with E-state index in [0.717, 1.165) is 0 Å². The van der Waals surface area contributed by atoms with Gasteiger partial charge in [-0.15, -0.1) is 0 Å². The summed E-state index contributed by atoms with van der Waals surface area (Å²) in [4.78, 5) is 0. The van der Waals surface area contributed by atoms with E-state index in [1.54, 1.807) is 38.1 Å². The van der Waals surface area contributed by atoms with Gasteiger partial charge in [-0.2, -0.15) is 8.42 Å². The van der Waals surface area contributed by atoms with E-state index in [1.165, 1.54) is 0 Å². The highest BCUT2D eigenvalue weighted by Gasteiger charge is 2.60. The van der Waals surface area contributed by atoms with E-state index in [4.69, 9.17) is 14.2 Å². The SMILES string of the molecule is CCOC(OCC)(C(Oc1ccccc1)C(C)(C)CC(C)(C)C)S(=O)(=O)O. The standard InChI is InChI=1S/C20H34O6S/c1-8-24-20(25-9-2,27(21,22)23)17(19(6,7)15-18(3,4)5)26-16-13-11-10-12-14-16/h10-14,17H,8-9,15H2,1-7H3,(H,21,22,23). The minimum Gasteiger partial charge on any atom is -0.483 e. The van der Waals surface area contributed by atoms with Crippen molar-refractivity contribution in [1.82, 2.24) is 0 Å². The topological polar surface area (TPSA) is 82.1 Å². The lowest BCUT2D eigenvalue weighted by Crippen LogP contribution is -2.61. The monoisotopic (exact) mass is 402 g/mol. The van der Waals surface area contributed by atoms with Gasteiger partial charge in [-0.25, -0.2) is 0 Å². The summed E-state index contributed by atoms with van der Waals surface area (Å²) < 4.78 is 52.5. The zero-order chi connectivity index (χ0) is 20.9. The first-order valence-corrected chi connectivity index (χ1v) is 10.7. The van der Waals surface area contributed by atoms with Crippen LogP contribution in [-0.4, -0.2) is 37.4 Å². The molecular weight excluding hydrogens is 368 g/mol. The molecule has 0 aliphatic heterocycles. The van der Waals surface area contributed by atoms with E-state index >= 15 is 0 Å². The van der Waals surface area contributed by atoms with Crippen molar-refractivity contribution in [3.05, 3.63) is 30.3 Å². The molecular formula is C20H34O6S. The Kier molecular flexibility index (Phi) is 7.88. The maximum absolute atomic E-state index is 12.5. The molecule has 27 heavy (non-hydrogen) atoms. The molecule has 1 rings (SSSR count). The summed E-state index contributed by atoms with van der Waals surface area (Å²) in [6.45, 7) is 13.3. The normalized spacial score (nSPS) is 14.8. The molecule has 6 nitrogen and oxygen atoms in total. The number of ether oxygens (including phenoxy) is 3. The quantitative estimate of drug-likeness (QED) is 0.458. The van der Waals surface area contributed by atoms with Crippen LogP contribution in [-0.2, 0) is 19.6 Å². The van der Waals surface area contributed by atoms with Gasteiger partial charge in [0.15, 0.2) is 6.10 Å². The van der Waals surface area contributed by atoms with Gasteiger partial charge in [-0.05, 0) is 37.8 Å². The van der Waals surface area contributed by atoms with Crippen molar-refractivity contribution in [3.63, 3.8) is 0 Å². The Morgan fingerprint density at radius 2 is 1.44 bits per heavy atom. The fourth-order valence-electron chi connectivity index (χ4n) is 3.68. The van der Waals surface area contributed by atoms with E-state index < -0.39 is 26.8 Å². The molecule has 1 N–H and O–H groups in total. The summed E-state index contributed by atoms with van der Waals surface area (Å²) >= 11 is 0. The van der Waals surface area contributed by atoms with Crippen LogP contribution in [0.15, 0.2) is 30.3 Å². The zero-order valence-corrected chi connectivity index (χ0v) is 18.3. The van der Waals surface area contributed by atoms with Gasteiger partial charge < -0.3 is 14.2 Å². The molecule has 7 heteroatoms. The third-order valence-electron chi connectivity index (χ3n) is 4.06. The Balaban J connectivity index is 3.60. The minimum atomic E-state index is -4.78. The van der Waals surface area contributed by atoms with Crippen LogP contribution in [0.2, 0.25) is 0 Å². The van der Waals surface area contributed by atoms with Crippen LogP contribution in [0.25, 0.3) is 0 Å². The van der Waals surface area contributed by atoms with Crippen LogP contribution in [0.4, 0.5) is 0 Å². The highest BCUT2D eigenvalue weighted by atomic mass is 32.2. The molecule has 0 bridgehead atoms. The van der Waals surface area contributed by atoms with Gasteiger partial charge in [0, 0.05) is 18.6 Å². The fourth-order valence-corrected chi connectivity index (χ4v) is 4.86. The summed E-state index contributed by atoms with van der Waals surface area (Å²) in [5, 5.41) is -2.33. The van der Waals surface area contributed by atoms with Crippen molar-refractivity contribution in [3.8, 4) is 5.75 Å². The minimum absolute atomic E-state index is 0.0278. The molecule has 0 amide bonds. The van der Waals surface area contributed by atoms with E-state index in [9.17, 15) is 13.0 Å². The van der Waals surface area contributed by atoms with Crippen molar-refractivity contribution >= 4 is 10.1 Å². The fraction of sp³-hybridized carbons (Fsp3) is 0.700. The number of rotatable bonds is 10. The van der Waals surface area contributed by atoms with Crippen LogP contribution in [0.5, 0.6) is 5.75 Å². The van der Waals surface area contributed by atoms with Gasteiger partial charge in [0.2, 0.25) is 0 Å². The zero-order valence-electron chi connectivity index (χ0n) is 17.5. The summed E-state index contributed by atoms with van der Waals surface area (Å²) in [5.74, 6) is 0.469. The number of hydrogen-bond acceptors (Lipinski definition) is 5. The van der Waals surface area contributed by atoms with Crippen LogP contribution < -0.4 is 4.74 Å². The molecule has 0 aliphatic carbocycles. The Hall–Kier alpha value is -1.15. The lowest BCUT2D eigenvalue weighted by Gasteiger charge is -2.46. The average molecular weight is 403 g/mol. The predicted octanol–water partition coefficient (Wildman–Crippen LogP) is 4.51. The Bertz CT molecular complexity index is 670. The smallest absolute Gasteiger partial charge is 0.338 e.